The normalized spacial score (nSPS) is 20.8. The van der Waals surface area contributed by atoms with Gasteiger partial charge in [0.05, 0.1) is 0 Å². The monoisotopic (exact) mass is 410 g/mol. The maximum atomic E-state index is 13.7. The van der Waals surface area contributed by atoms with Crippen LogP contribution in [0.15, 0.2) is 48.7 Å². The molecule has 29 heavy (non-hydrogen) atoms. The maximum absolute atomic E-state index is 13.7. The number of aromatic nitrogens is 2. The summed E-state index contributed by atoms with van der Waals surface area (Å²) in [5.41, 5.74) is 3.48. The van der Waals surface area contributed by atoms with Crippen LogP contribution in [0.2, 0.25) is 5.15 Å². The van der Waals surface area contributed by atoms with Crippen LogP contribution in [-0.4, -0.2) is 47.1 Å². The number of hydrogen-bond donors (Lipinski definition) is 1. The van der Waals surface area contributed by atoms with E-state index in [2.05, 4.69) is 25.8 Å². The van der Waals surface area contributed by atoms with Crippen molar-refractivity contribution in [3.63, 3.8) is 0 Å². The van der Waals surface area contributed by atoms with Gasteiger partial charge in [0.25, 0.3) is 0 Å². The third kappa shape index (κ3) is 3.77. The Morgan fingerprint density at radius 3 is 2.72 bits per heavy atom. The van der Waals surface area contributed by atoms with Crippen LogP contribution in [-0.2, 0) is 0 Å². The van der Waals surface area contributed by atoms with E-state index >= 15 is 0 Å². The number of halogens is 2. The Morgan fingerprint density at radius 1 is 1.10 bits per heavy atom. The SMILES string of the molecule is Fc1ccc2[nH]cc(C3=CCC(N4CCN(c5cccc(Cl)n5)CC4)CC3)c2c1. The van der Waals surface area contributed by atoms with E-state index in [0.29, 0.717) is 11.2 Å². The predicted molar refractivity (Wildman–Crippen MR) is 117 cm³/mol. The van der Waals surface area contributed by atoms with E-state index in [9.17, 15) is 4.39 Å². The Bertz CT molecular complexity index is 1050. The summed E-state index contributed by atoms with van der Waals surface area (Å²) in [5, 5.41) is 1.53. The molecular weight excluding hydrogens is 387 g/mol. The number of benzene rings is 1. The zero-order valence-electron chi connectivity index (χ0n) is 16.2. The number of H-pyrrole nitrogens is 1. The van der Waals surface area contributed by atoms with Crippen LogP contribution >= 0.6 is 11.6 Å². The zero-order valence-corrected chi connectivity index (χ0v) is 17.0. The smallest absolute Gasteiger partial charge is 0.131 e. The van der Waals surface area contributed by atoms with Crippen LogP contribution in [0.3, 0.4) is 0 Å². The molecule has 1 aliphatic heterocycles. The Morgan fingerprint density at radius 2 is 1.97 bits per heavy atom. The first-order valence-electron chi connectivity index (χ1n) is 10.2. The second kappa shape index (κ2) is 7.81. The predicted octanol–water partition coefficient (Wildman–Crippen LogP) is 5.11. The van der Waals surface area contributed by atoms with Gasteiger partial charge in [0.2, 0.25) is 0 Å². The number of rotatable bonds is 3. The molecule has 2 aliphatic rings. The number of fused-ring (bicyclic) bond motifs is 1. The van der Waals surface area contributed by atoms with E-state index in [4.69, 9.17) is 11.6 Å². The van der Waals surface area contributed by atoms with E-state index < -0.39 is 0 Å². The number of allylic oxidation sites excluding steroid dienone is 1. The van der Waals surface area contributed by atoms with E-state index in [1.807, 2.05) is 30.5 Å². The number of aromatic amines is 1. The van der Waals surface area contributed by atoms with Gasteiger partial charge in [-0.25, -0.2) is 9.37 Å². The van der Waals surface area contributed by atoms with Crippen LogP contribution in [0.4, 0.5) is 10.2 Å². The van der Waals surface area contributed by atoms with Gasteiger partial charge in [0.15, 0.2) is 0 Å². The number of anilines is 1. The van der Waals surface area contributed by atoms with Gasteiger partial charge < -0.3 is 9.88 Å². The molecule has 6 heteroatoms. The van der Waals surface area contributed by atoms with Crippen molar-refractivity contribution in [3.8, 4) is 0 Å². The highest BCUT2D eigenvalue weighted by molar-refractivity contribution is 6.29. The summed E-state index contributed by atoms with van der Waals surface area (Å²) in [4.78, 5) is 12.6. The summed E-state index contributed by atoms with van der Waals surface area (Å²) < 4.78 is 13.7. The highest BCUT2D eigenvalue weighted by Crippen LogP contribution is 2.34. The third-order valence-corrected chi connectivity index (χ3v) is 6.44. The molecule has 3 aromatic rings. The summed E-state index contributed by atoms with van der Waals surface area (Å²) in [6.07, 6.45) is 7.60. The first-order valence-corrected chi connectivity index (χ1v) is 10.6. The molecule has 3 heterocycles. The van der Waals surface area contributed by atoms with Crippen molar-refractivity contribution in [2.24, 2.45) is 0 Å². The van der Waals surface area contributed by atoms with Crippen LogP contribution in [0.1, 0.15) is 24.8 Å². The first-order chi connectivity index (χ1) is 14.2. The molecule has 1 atom stereocenters. The number of pyridine rings is 1. The minimum atomic E-state index is -0.181. The Kier molecular flexibility index (Phi) is 5.02. The van der Waals surface area contributed by atoms with Crippen LogP contribution in [0, 0.1) is 5.82 Å². The molecule has 1 N–H and O–H groups in total. The van der Waals surface area contributed by atoms with Crippen molar-refractivity contribution in [3.05, 3.63) is 65.2 Å². The van der Waals surface area contributed by atoms with Gasteiger partial charge in [0, 0.05) is 54.9 Å². The van der Waals surface area contributed by atoms with Gasteiger partial charge in [0.1, 0.15) is 16.8 Å². The third-order valence-electron chi connectivity index (χ3n) is 6.23. The number of nitrogens with zero attached hydrogens (tertiary/aromatic N) is 3. The molecule has 0 amide bonds. The molecule has 0 radical (unpaired) electrons. The van der Waals surface area contributed by atoms with Crippen molar-refractivity contribution in [1.82, 2.24) is 14.9 Å². The molecule has 0 bridgehead atoms. The van der Waals surface area contributed by atoms with Crippen LogP contribution in [0.25, 0.3) is 16.5 Å². The largest absolute Gasteiger partial charge is 0.361 e. The van der Waals surface area contributed by atoms with E-state index in [-0.39, 0.29) is 5.82 Å². The lowest BCUT2D eigenvalue weighted by Crippen LogP contribution is -2.50. The lowest BCUT2D eigenvalue weighted by atomic mass is 9.89. The van der Waals surface area contributed by atoms with Gasteiger partial charge >= 0.3 is 0 Å². The second-order valence-corrected chi connectivity index (χ2v) is 8.28. The number of piperazine rings is 1. The molecule has 0 saturated carbocycles. The van der Waals surface area contributed by atoms with Crippen LogP contribution < -0.4 is 4.90 Å². The maximum Gasteiger partial charge on any atom is 0.131 e. The fourth-order valence-corrected chi connectivity index (χ4v) is 4.80. The van der Waals surface area contributed by atoms with E-state index in [0.717, 1.165) is 67.7 Å². The summed E-state index contributed by atoms with van der Waals surface area (Å²) in [7, 11) is 0. The molecule has 5 rings (SSSR count). The summed E-state index contributed by atoms with van der Waals surface area (Å²) >= 11 is 6.04. The molecule has 2 aromatic heterocycles. The van der Waals surface area contributed by atoms with E-state index in [1.165, 1.54) is 11.6 Å². The second-order valence-electron chi connectivity index (χ2n) is 7.89. The highest BCUT2D eigenvalue weighted by Gasteiger charge is 2.26. The standard InChI is InChI=1S/C23H24ClFN4/c24-22-2-1-3-23(27-22)29-12-10-28(11-13-29)18-7-4-16(5-8-18)20-15-26-21-9-6-17(25)14-19(20)21/h1-4,6,9,14-15,18,26H,5,7-8,10-13H2. The molecule has 1 unspecified atom stereocenters. The lowest BCUT2D eigenvalue weighted by Gasteiger charge is -2.40. The minimum absolute atomic E-state index is 0.181. The van der Waals surface area contributed by atoms with Gasteiger partial charge in [-0.15, -0.1) is 0 Å². The highest BCUT2D eigenvalue weighted by atomic mass is 35.5. The van der Waals surface area contributed by atoms with Crippen molar-refractivity contribution in [2.45, 2.75) is 25.3 Å². The summed E-state index contributed by atoms with van der Waals surface area (Å²) in [6, 6.07) is 11.3. The molecule has 1 aromatic carbocycles. The quantitative estimate of drug-likeness (QED) is 0.609. The summed E-state index contributed by atoms with van der Waals surface area (Å²) in [6.45, 7) is 4.03. The van der Waals surface area contributed by atoms with Gasteiger partial charge in [-0.05, 0) is 55.2 Å². The molecule has 150 valence electrons. The van der Waals surface area contributed by atoms with Gasteiger partial charge in [-0.3, -0.25) is 4.90 Å². The van der Waals surface area contributed by atoms with Crippen molar-refractivity contribution in [2.75, 3.05) is 31.1 Å². The Balaban J connectivity index is 1.24. The van der Waals surface area contributed by atoms with Crippen molar-refractivity contribution >= 4 is 33.9 Å². The van der Waals surface area contributed by atoms with Gasteiger partial charge in [-0.1, -0.05) is 23.7 Å². The lowest BCUT2D eigenvalue weighted by molar-refractivity contribution is 0.175. The Hall–Kier alpha value is -2.37. The molecule has 0 spiro atoms. The minimum Gasteiger partial charge on any atom is -0.361 e. The first kappa shape index (κ1) is 18.6. The molecule has 1 aliphatic carbocycles. The average Bonchev–Trinajstić information content (AvgIpc) is 3.17. The average molecular weight is 411 g/mol. The topological polar surface area (TPSA) is 35.2 Å². The molecule has 1 fully saturated rings. The van der Waals surface area contributed by atoms with Crippen molar-refractivity contribution in [1.29, 1.82) is 0 Å². The van der Waals surface area contributed by atoms with Crippen molar-refractivity contribution < 1.29 is 4.39 Å². The summed E-state index contributed by atoms with van der Waals surface area (Å²) in [5.74, 6) is 0.786. The molecular formula is C23H24ClFN4. The van der Waals surface area contributed by atoms with E-state index in [1.54, 1.807) is 6.07 Å². The molecule has 1 saturated heterocycles. The zero-order chi connectivity index (χ0) is 19.8. The van der Waals surface area contributed by atoms with Crippen LogP contribution in [0.5, 0.6) is 0 Å². The molecule has 4 nitrogen and oxygen atoms in total. The fourth-order valence-electron chi connectivity index (χ4n) is 4.64. The number of hydrogen-bond acceptors (Lipinski definition) is 3. The fraction of sp³-hybridized carbons (Fsp3) is 0.348. The van der Waals surface area contributed by atoms with Gasteiger partial charge in [-0.2, -0.15) is 0 Å². The Labute approximate surface area is 175 Å². The number of nitrogens with one attached hydrogen (secondary N) is 1.